The van der Waals surface area contributed by atoms with E-state index in [1.54, 1.807) is 28.0 Å². The van der Waals surface area contributed by atoms with Crippen LogP contribution in [-0.4, -0.2) is 72.5 Å². The van der Waals surface area contributed by atoms with Crippen LogP contribution in [-0.2, 0) is 17.8 Å². The summed E-state index contributed by atoms with van der Waals surface area (Å²) in [6.07, 6.45) is 1.76. The first-order chi connectivity index (χ1) is 22.1. The Morgan fingerprint density at radius 1 is 0.957 bits per heavy atom. The van der Waals surface area contributed by atoms with Gasteiger partial charge < -0.3 is 25.2 Å². The zero-order valence-electron chi connectivity index (χ0n) is 26.9. The van der Waals surface area contributed by atoms with E-state index in [4.69, 9.17) is 4.74 Å². The lowest BCUT2D eigenvalue weighted by Gasteiger charge is -2.35. The van der Waals surface area contributed by atoms with Crippen LogP contribution in [0.15, 0.2) is 66.7 Å². The van der Waals surface area contributed by atoms with Crippen molar-refractivity contribution in [3.05, 3.63) is 106 Å². The van der Waals surface area contributed by atoms with Crippen LogP contribution in [0.5, 0.6) is 0 Å². The number of carbonyl (C=O) groups is 3. The topological polar surface area (TPSA) is 91.0 Å². The van der Waals surface area contributed by atoms with Crippen LogP contribution in [0.25, 0.3) is 0 Å². The molecule has 1 aliphatic rings. The first-order valence-corrected chi connectivity index (χ1v) is 16.0. The van der Waals surface area contributed by atoms with Crippen molar-refractivity contribution in [3.8, 4) is 0 Å². The minimum Gasteiger partial charge on any atom is -0.445 e. The van der Waals surface area contributed by atoms with Crippen LogP contribution in [0, 0.1) is 18.6 Å². The summed E-state index contributed by atoms with van der Waals surface area (Å²) in [6.45, 7) is 8.60. The van der Waals surface area contributed by atoms with Crippen molar-refractivity contribution in [2.24, 2.45) is 0 Å². The second kappa shape index (κ2) is 16.8. The Hall–Kier alpha value is -4.31. The van der Waals surface area contributed by atoms with E-state index in [0.717, 1.165) is 30.0 Å². The lowest BCUT2D eigenvalue weighted by molar-refractivity contribution is 0.0755. The molecular weight excluding hydrogens is 590 g/mol. The van der Waals surface area contributed by atoms with Crippen LogP contribution in [0.3, 0.4) is 0 Å². The van der Waals surface area contributed by atoms with Crippen LogP contribution in [0.2, 0.25) is 0 Å². The maximum atomic E-state index is 14.1. The predicted molar refractivity (Wildman–Crippen MR) is 174 cm³/mol. The van der Waals surface area contributed by atoms with Crippen LogP contribution in [0.1, 0.15) is 70.5 Å². The van der Waals surface area contributed by atoms with E-state index in [9.17, 15) is 23.2 Å². The number of hydrogen-bond donors (Lipinski definition) is 2. The molecule has 3 aromatic carbocycles. The molecule has 1 aliphatic heterocycles. The second-order valence-electron chi connectivity index (χ2n) is 11.9. The van der Waals surface area contributed by atoms with Gasteiger partial charge in [-0.25, -0.2) is 13.6 Å². The van der Waals surface area contributed by atoms with E-state index >= 15 is 0 Å². The molecular formula is C36H44F2N4O4. The summed E-state index contributed by atoms with van der Waals surface area (Å²) in [4.78, 5) is 43.3. The van der Waals surface area contributed by atoms with Gasteiger partial charge in [0.2, 0.25) is 0 Å². The second-order valence-corrected chi connectivity index (χ2v) is 11.9. The molecule has 2 N–H and O–H groups in total. The van der Waals surface area contributed by atoms with Crippen molar-refractivity contribution in [1.29, 1.82) is 0 Å². The van der Waals surface area contributed by atoms with Gasteiger partial charge in [-0.15, -0.1) is 0 Å². The van der Waals surface area contributed by atoms with Gasteiger partial charge in [0, 0.05) is 62.0 Å². The number of hydrogen-bond acceptors (Lipinski definition) is 5. The molecule has 3 amide bonds. The van der Waals surface area contributed by atoms with Crippen LogP contribution in [0.4, 0.5) is 13.6 Å². The van der Waals surface area contributed by atoms with Crippen molar-refractivity contribution < 1.29 is 27.9 Å². The minimum absolute atomic E-state index is 0.126. The zero-order chi connectivity index (χ0) is 33.1. The molecule has 4 rings (SSSR count). The summed E-state index contributed by atoms with van der Waals surface area (Å²) in [7, 11) is 0. The number of halogens is 2. The average Bonchev–Trinajstić information content (AvgIpc) is 3.03. The van der Waals surface area contributed by atoms with Crippen molar-refractivity contribution in [2.75, 3.05) is 32.7 Å². The first-order valence-electron chi connectivity index (χ1n) is 16.0. The van der Waals surface area contributed by atoms with Crippen LogP contribution < -0.4 is 10.6 Å². The van der Waals surface area contributed by atoms with Gasteiger partial charge in [-0.05, 0) is 79.6 Å². The molecule has 0 saturated carbocycles. The predicted octanol–water partition coefficient (Wildman–Crippen LogP) is 5.88. The zero-order valence-corrected chi connectivity index (χ0v) is 26.9. The molecule has 3 aromatic rings. The number of nitrogens with zero attached hydrogens (tertiary/aromatic N) is 2. The van der Waals surface area contributed by atoms with Gasteiger partial charge in [-0.3, -0.25) is 9.59 Å². The highest BCUT2D eigenvalue weighted by molar-refractivity contribution is 6.00. The molecule has 0 spiro atoms. The lowest BCUT2D eigenvalue weighted by atomic mass is 9.97. The molecule has 46 heavy (non-hydrogen) atoms. The average molecular weight is 635 g/mol. The molecule has 1 fully saturated rings. The highest BCUT2D eigenvalue weighted by atomic mass is 19.1. The monoisotopic (exact) mass is 634 g/mol. The van der Waals surface area contributed by atoms with E-state index in [1.807, 2.05) is 51.1 Å². The van der Waals surface area contributed by atoms with Crippen LogP contribution >= 0.6 is 0 Å². The number of nitrogens with one attached hydrogen (secondary N) is 2. The summed E-state index contributed by atoms with van der Waals surface area (Å²) < 4.78 is 33.7. The third-order valence-electron chi connectivity index (χ3n) is 7.89. The van der Waals surface area contributed by atoms with Crippen molar-refractivity contribution >= 4 is 17.9 Å². The number of amides is 3. The standard InChI is InChI=1S/C36H44F2N4O4/c1-4-12-41(13-5-2)35(44)29-16-25(3)15-28(20-29)34(43)40-32(19-27-17-30(37)21-31(38)18-27)22-33-23-42(14-11-39-33)36(45)46-24-26-9-7-6-8-10-26/h6-10,15-18,20-21,32-33,39H,4-5,11-14,19,22-24H2,1-3H3,(H,40,43)/t32?,33-/m0/s1. The Balaban J connectivity index is 1.49. The number of piperazine rings is 1. The van der Waals surface area contributed by atoms with Gasteiger partial charge >= 0.3 is 6.09 Å². The maximum Gasteiger partial charge on any atom is 0.410 e. The SMILES string of the molecule is CCCN(CCC)C(=O)c1cc(C)cc(C(=O)NC(Cc2cc(F)cc(F)c2)C[C@H]2CN(C(=O)OCc3ccccc3)CCN2)c1. The maximum absolute atomic E-state index is 14.1. The molecule has 8 nitrogen and oxygen atoms in total. The van der Waals surface area contributed by atoms with E-state index in [-0.39, 0.29) is 25.0 Å². The van der Waals surface area contributed by atoms with E-state index in [1.165, 1.54) is 12.1 Å². The molecule has 1 saturated heterocycles. The molecule has 1 heterocycles. The van der Waals surface area contributed by atoms with Gasteiger partial charge in [-0.1, -0.05) is 44.2 Å². The highest BCUT2D eigenvalue weighted by Gasteiger charge is 2.28. The van der Waals surface area contributed by atoms with Gasteiger partial charge in [0.05, 0.1) is 0 Å². The number of benzene rings is 3. The molecule has 10 heteroatoms. The Bertz CT molecular complexity index is 1460. The molecule has 0 bridgehead atoms. The normalized spacial score (nSPS) is 15.2. The summed E-state index contributed by atoms with van der Waals surface area (Å²) in [5.74, 6) is -1.92. The molecule has 0 aliphatic carbocycles. The third-order valence-corrected chi connectivity index (χ3v) is 7.89. The first kappa shape index (κ1) is 34.6. The Labute approximate surface area is 270 Å². The van der Waals surface area contributed by atoms with Gasteiger partial charge in [0.1, 0.15) is 18.2 Å². The number of ether oxygens (including phenoxy) is 1. The largest absolute Gasteiger partial charge is 0.445 e. The number of aryl methyl sites for hydroxylation is 1. The molecule has 0 radical (unpaired) electrons. The smallest absolute Gasteiger partial charge is 0.410 e. The molecule has 246 valence electrons. The fraction of sp³-hybridized carbons (Fsp3) is 0.417. The van der Waals surface area contributed by atoms with Gasteiger partial charge in [-0.2, -0.15) is 0 Å². The summed E-state index contributed by atoms with van der Waals surface area (Å²) in [5, 5.41) is 6.45. The van der Waals surface area contributed by atoms with Crippen molar-refractivity contribution in [1.82, 2.24) is 20.4 Å². The van der Waals surface area contributed by atoms with Gasteiger partial charge in [0.15, 0.2) is 0 Å². The molecule has 1 unspecified atom stereocenters. The van der Waals surface area contributed by atoms with Crippen molar-refractivity contribution in [2.45, 2.75) is 65.1 Å². The fourth-order valence-electron chi connectivity index (χ4n) is 5.85. The van der Waals surface area contributed by atoms with Gasteiger partial charge in [0.25, 0.3) is 11.8 Å². The highest BCUT2D eigenvalue weighted by Crippen LogP contribution is 2.18. The Morgan fingerprint density at radius 2 is 1.63 bits per heavy atom. The van der Waals surface area contributed by atoms with Crippen molar-refractivity contribution in [3.63, 3.8) is 0 Å². The third kappa shape index (κ3) is 10.1. The van der Waals surface area contributed by atoms with E-state index in [0.29, 0.717) is 55.8 Å². The Kier molecular flexibility index (Phi) is 12.7. The Morgan fingerprint density at radius 3 is 2.30 bits per heavy atom. The van der Waals surface area contributed by atoms with E-state index < -0.39 is 29.7 Å². The quantitative estimate of drug-likeness (QED) is 0.245. The lowest BCUT2D eigenvalue weighted by Crippen LogP contribution is -2.55. The number of carbonyl (C=O) groups excluding carboxylic acids is 3. The molecule has 0 aromatic heterocycles. The summed E-state index contributed by atoms with van der Waals surface area (Å²) in [6, 6.07) is 17.1. The van der Waals surface area contributed by atoms with E-state index in [2.05, 4.69) is 10.6 Å². The molecule has 2 atom stereocenters. The fourth-order valence-corrected chi connectivity index (χ4v) is 5.85. The summed E-state index contributed by atoms with van der Waals surface area (Å²) in [5.41, 5.74) is 2.82. The summed E-state index contributed by atoms with van der Waals surface area (Å²) >= 11 is 0. The minimum atomic E-state index is -0.700. The number of rotatable bonds is 13.